The van der Waals surface area contributed by atoms with Crippen molar-refractivity contribution in [1.29, 1.82) is 0 Å². The number of alkyl halides is 9. The summed E-state index contributed by atoms with van der Waals surface area (Å²) in [6, 6.07) is 9.92. The van der Waals surface area contributed by atoms with Gasteiger partial charge in [0.05, 0.1) is 22.7 Å². The smallest absolute Gasteiger partial charge is 0.374 e. The van der Waals surface area contributed by atoms with Crippen molar-refractivity contribution < 1.29 is 53.4 Å². The molecule has 226 valence electrons. The number of carbonyl (C=O) groups excluding carboxylic acids is 1. The summed E-state index contributed by atoms with van der Waals surface area (Å²) < 4.78 is 135. The van der Waals surface area contributed by atoms with Gasteiger partial charge in [0.15, 0.2) is 0 Å². The monoisotopic (exact) mass is 645 g/mol. The van der Waals surface area contributed by atoms with E-state index in [4.69, 9.17) is 16.4 Å². The van der Waals surface area contributed by atoms with Gasteiger partial charge in [0.1, 0.15) is 17.5 Å². The molecule has 0 saturated heterocycles. The lowest BCUT2D eigenvalue weighted by Gasteiger charge is -2.30. The van der Waals surface area contributed by atoms with Crippen molar-refractivity contribution in [2.24, 2.45) is 5.16 Å². The van der Waals surface area contributed by atoms with Crippen LogP contribution in [0.1, 0.15) is 23.1 Å². The van der Waals surface area contributed by atoms with E-state index in [0.717, 1.165) is 0 Å². The van der Waals surface area contributed by atoms with E-state index in [9.17, 15) is 48.5 Å². The zero-order valence-corrected chi connectivity index (χ0v) is 22.2. The average Bonchev–Trinajstić information content (AvgIpc) is 3.36. The molecule has 0 saturated carbocycles. The van der Waals surface area contributed by atoms with Crippen LogP contribution in [0.5, 0.6) is 0 Å². The van der Waals surface area contributed by atoms with Crippen LogP contribution >= 0.6 is 11.6 Å². The number of nitrogens with zero attached hydrogens (tertiary/aromatic N) is 1. The Kier molecular flexibility index (Phi) is 8.55. The highest BCUT2D eigenvalue weighted by Gasteiger charge is 2.62. The zero-order valence-electron chi connectivity index (χ0n) is 20.7. The van der Waals surface area contributed by atoms with Crippen LogP contribution in [-0.2, 0) is 32.4 Å². The molecule has 0 aromatic heterocycles. The number of benzene rings is 3. The van der Waals surface area contributed by atoms with Crippen molar-refractivity contribution in [1.82, 2.24) is 10.0 Å². The summed E-state index contributed by atoms with van der Waals surface area (Å²) in [6.07, 6.45) is -15.9. The predicted molar refractivity (Wildman–Crippen MR) is 134 cm³/mol. The van der Waals surface area contributed by atoms with Gasteiger partial charge in [0.2, 0.25) is 5.91 Å². The summed E-state index contributed by atoms with van der Waals surface area (Å²) in [5.41, 5.74) is -5.83. The Balaban J connectivity index is 1.65. The molecule has 2 N–H and O–H groups in total. The summed E-state index contributed by atoms with van der Waals surface area (Å²) in [6.45, 7) is -2.33. The highest BCUT2D eigenvalue weighted by atomic mass is 35.5. The molecule has 1 aliphatic heterocycles. The number of fused-ring (bicyclic) bond motifs is 1. The minimum absolute atomic E-state index is 0.0456. The summed E-state index contributed by atoms with van der Waals surface area (Å²) in [7, 11) is -2.15. The van der Waals surface area contributed by atoms with Crippen LogP contribution in [0.4, 0.5) is 39.5 Å². The third-order valence-corrected chi connectivity index (χ3v) is 7.50. The van der Waals surface area contributed by atoms with Gasteiger partial charge in [0.25, 0.3) is 5.60 Å². The first-order valence-electron chi connectivity index (χ1n) is 11.6. The fourth-order valence-electron chi connectivity index (χ4n) is 4.19. The first-order chi connectivity index (χ1) is 19.4. The van der Waals surface area contributed by atoms with Gasteiger partial charge < -0.3 is 10.2 Å². The lowest BCUT2D eigenvalue weighted by Crippen LogP contribution is -2.43. The molecule has 42 heavy (non-hydrogen) atoms. The maximum absolute atomic E-state index is 14.4. The zero-order chi connectivity index (χ0) is 31.1. The second-order valence-corrected chi connectivity index (χ2v) is 10.7. The lowest BCUT2D eigenvalue weighted by molar-refractivity contribution is -0.276. The molecule has 1 heterocycles. The Morgan fingerprint density at radius 2 is 1.64 bits per heavy atom. The van der Waals surface area contributed by atoms with Crippen molar-refractivity contribution in [3.8, 4) is 0 Å². The third-order valence-electron chi connectivity index (χ3n) is 6.12. The van der Waals surface area contributed by atoms with Crippen molar-refractivity contribution in [2.45, 2.75) is 35.4 Å². The summed E-state index contributed by atoms with van der Waals surface area (Å²) in [5, 5.41) is 5.05. The topological polar surface area (TPSA) is 79.8 Å². The van der Waals surface area contributed by atoms with Gasteiger partial charge >= 0.3 is 18.5 Å². The highest BCUT2D eigenvalue weighted by Crippen LogP contribution is 2.50. The average molecular weight is 646 g/mol. The van der Waals surface area contributed by atoms with E-state index in [-0.39, 0.29) is 26.9 Å². The van der Waals surface area contributed by atoms with Gasteiger partial charge in [0, 0.05) is 22.6 Å². The van der Waals surface area contributed by atoms with Crippen LogP contribution in [0.15, 0.2) is 64.6 Å². The largest absolute Gasteiger partial charge is 0.435 e. The molecular formula is C25H17ClF9N3O3S. The fraction of sp³-hybridized carbons (Fsp3) is 0.280. The molecule has 0 bridgehead atoms. The van der Waals surface area contributed by atoms with Gasteiger partial charge in [-0.05, 0) is 35.0 Å². The lowest BCUT2D eigenvalue weighted by atomic mass is 9.85. The van der Waals surface area contributed by atoms with Crippen LogP contribution in [0.25, 0.3) is 10.8 Å². The van der Waals surface area contributed by atoms with Crippen LogP contribution in [-0.4, -0.2) is 41.3 Å². The SMILES string of the molecule is O=C(CNS(=O)c1ccc(C2=NOC(c3cc(Cl)cc(C(F)(F)F)c3)(C(F)(F)F)C2)c2ccccc12)NCC(F)(F)F. The predicted octanol–water partition coefficient (Wildman–Crippen LogP) is 6.38. The molecular weight excluding hydrogens is 629 g/mol. The third kappa shape index (κ3) is 6.65. The second kappa shape index (κ2) is 11.4. The van der Waals surface area contributed by atoms with Gasteiger partial charge in [-0.1, -0.05) is 47.1 Å². The van der Waals surface area contributed by atoms with Gasteiger partial charge in [-0.15, -0.1) is 0 Å². The molecule has 2 unspecified atom stereocenters. The molecule has 3 aromatic rings. The molecule has 4 rings (SSSR count). The summed E-state index contributed by atoms with van der Waals surface area (Å²) >= 11 is 5.74. The van der Waals surface area contributed by atoms with Crippen LogP contribution in [0.2, 0.25) is 5.02 Å². The molecule has 6 nitrogen and oxygen atoms in total. The Hall–Kier alpha value is -3.37. The number of nitrogens with one attached hydrogen (secondary N) is 2. The first-order valence-corrected chi connectivity index (χ1v) is 13.1. The quantitative estimate of drug-likeness (QED) is 0.293. The van der Waals surface area contributed by atoms with E-state index in [1.54, 1.807) is 5.32 Å². The standard InChI is InChI=1S/C25H17ClF9N3O3S/c26-15-8-13(7-14(9-15)24(30,31)32)22(25(33,34)35)10-19(38-41-22)17-5-6-20(18-4-2-1-3-16(17)18)42(40)37-11-21(39)36-12-23(27,28)29/h1-9,37H,10-12H2,(H,36,39). The van der Waals surface area contributed by atoms with Crippen LogP contribution < -0.4 is 10.0 Å². The summed E-state index contributed by atoms with van der Waals surface area (Å²) in [5.74, 6) is -1.09. The number of rotatable bonds is 7. The van der Waals surface area contributed by atoms with Crippen molar-refractivity contribution >= 4 is 45.0 Å². The fourth-order valence-corrected chi connectivity index (χ4v) is 5.41. The minimum atomic E-state index is -5.24. The molecule has 3 aromatic carbocycles. The number of hydrogen-bond donors (Lipinski definition) is 2. The Bertz CT molecular complexity index is 1570. The number of halogens is 10. The van der Waals surface area contributed by atoms with Gasteiger partial charge in [-0.3, -0.25) is 4.79 Å². The summed E-state index contributed by atoms with van der Waals surface area (Å²) in [4.78, 5) is 16.6. The molecule has 0 aliphatic carbocycles. The molecule has 17 heteroatoms. The molecule has 1 aliphatic rings. The molecule has 1 amide bonds. The minimum Gasteiger partial charge on any atom is -0.374 e. The van der Waals surface area contributed by atoms with Crippen molar-refractivity contribution in [3.63, 3.8) is 0 Å². The second-order valence-electron chi connectivity index (χ2n) is 9.00. The van der Waals surface area contributed by atoms with Crippen molar-refractivity contribution in [2.75, 3.05) is 13.1 Å². The number of amides is 1. The maximum atomic E-state index is 14.4. The normalized spacial score (nSPS) is 18.5. The first kappa shape index (κ1) is 31.6. The Morgan fingerprint density at radius 1 is 0.976 bits per heavy atom. The van der Waals surface area contributed by atoms with E-state index in [1.807, 2.05) is 0 Å². The van der Waals surface area contributed by atoms with E-state index in [0.29, 0.717) is 18.2 Å². The van der Waals surface area contributed by atoms with Gasteiger partial charge in [-0.2, -0.15) is 39.5 Å². The van der Waals surface area contributed by atoms with Crippen LogP contribution in [0.3, 0.4) is 0 Å². The number of oxime groups is 1. The van der Waals surface area contributed by atoms with E-state index < -0.39 is 76.7 Å². The molecule has 0 spiro atoms. The van der Waals surface area contributed by atoms with E-state index >= 15 is 0 Å². The number of hydrogen-bond acceptors (Lipinski definition) is 4. The Morgan fingerprint density at radius 3 is 2.26 bits per heavy atom. The van der Waals surface area contributed by atoms with Crippen molar-refractivity contribution in [3.05, 3.63) is 76.3 Å². The molecule has 0 radical (unpaired) electrons. The highest BCUT2D eigenvalue weighted by molar-refractivity contribution is 7.83. The number of carbonyl (C=O) groups is 1. The van der Waals surface area contributed by atoms with E-state index in [2.05, 4.69) is 9.88 Å². The van der Waals surface area contributed by atoms with Crippen LogP contribution in [0, 0.1) is 0 Å². The molecule has 2 atom stereocenters. The molecule has 0 fully saturated rings. The Labute approximate surface area is 238 Å². The van der Waals surface area contributed by atoms with E-state index in [1.165, 1.54) is 36.4 Å². The maximum Gasteiger partial charge on any atom is 0.435 e. The van der Waals surface area contributed by atoms with Gasteiger partial charge in [-0.25, -0.2) is 8.93 Å².